The maximum Gasteiger partial charge on any atom is 0.222 e. The lowest BCUT2D eigenvalue weighted by molar-refractivity contribution is -0.125. The summed E-state index contributed by atoms with van der Waals surface area (Å²) in [6.07, 6.45) is 4.27. The highest BCUT2D eigenvalue weighted by molar-refractivity contribution is 5.78. The fourth-order valence-corrected chi connectivity index (χ4v) is 3.34. The number of carbonyl (C=O) groups excluding carboxylic acids is 1. The van der Waals surface area contributed by atoms with E-state index in [4.69, 9.17) is 5.73 Å². The Labute approximate surface area is 120 Å². The molecule has 20 heavy (non-hydrogen) atoms. The average molecular weight is 279 g/mol. The van der Waals surface area contributed by atoms with Crippen LogP contribution in [0.1, 0.15) is 39.4 Å². The predicted octanol–water partition coefficient (Wildman–Crippen LogP) is 0.719. The van der Waals surface area contributed by atoms with Crippen molar-refractivity contribution >= 4 is 5.91 Å². The second-order valence-electron chi connectivity index (χ2n) is 5.92. The molecule has 1 aliphatic heterocycles. The lowest BCUT2D eigenvalue weighted by Gasteiger charge is -2.39. The van der Waals surface area contributed by atoms with Gasteiger partial charge in [0.15, 0.2) is 0 Å². The summed E-state index contributed by atoms with van der Waals surface area (Å²) >= 11 is 0. The molecule has 4 unspecified atom stereocenters. The number of nitrogens with two attached hydrogens (primary N) is 1. The van der Waals surface area contributed by atoms with Gasteiger partial charge in [0.05, 0.1) is 5.92 Å². The van der Waals surface area contributed by atoms with Crippen LogP contribution in [0.5, 0.6) is 0 Å². The van der Waals surface area contributed by atoms with Crippen molar-refractivity contribution < 1.29 is 4.79 Å². The first kappa shape index (κ1) is 15.0. The van der Waals surface area contributed by atoms with Crippen molar-refractivity contribution in [1.82, 2.24) is 20.1 Å². The van der Waals surface area contributed by atoms with Crippen LogP contribution in [0.4, 0.5) is 0 Å². The standard InChI is InChI=1S/C14H25N5O/c1-4-5-19-12(16-8-17-19)7-11-13(14(15)20)9(2)6-10(3)18-11/h8-11,13,18H,4-7H2,1-3H3,(H2,15,20). The summed E-state index contributed by atoms with van der Waals surface area (Å²) in [6.45, 7) is 7.23. The molecule has 0 aliphatic carbocycles. The lowest BCUT2D eigenvalue weighted by atomic mass is 9.77. The number of piperidine rings is 1. The molecule has 3 N–H and O–H groups in total. The normalized spacial score (nSPS) is 30.4. The van der Waals surface area contributed by atoms with E-state index >= 15 is 0 Å². The van der Waals surface area contributed by atoms with E-state index < -0.39 is 0 Å². The number of aryl methyl sites for hydroxylation is 1. The quantitative estimate of drug-likeness (QED) is 0.831. The Morgan fingerprint density at radius 3 is 2.95 bits per heavy atom. The second kappa shape index (κ2) is 6.35. The lowest BCUT2D eigenvalue weighted by Crippen LogP contribution is -2.55. The first-order chi connectivity index (χ1) is 9.52. The number of primary amides is 1. The van der Waals surface area contributed by atoms with Crippen molar-refractivity contribution in [1.29, 1.82) is 0 Å². The number of nitrogens with zero attached hydrogens (tertiary/aromatic N) is 3. The van der Waals surface area contributed by atoms with E-state index in [0.29, 0.717) is 18.4 Å². The minimum Gasteiger partial charge on any atom is -0.369 e. The van der Waals surface area contributed by atoms with Gasteiger partial charge in [0.2, 0.25) is 5.91 Å². The predicted molar refractivity (Wildman–Crippen MR) is 76.9 cm³/mol. The van der Waals surface area contributed by atoms with E-state index in [1.54, 1.807) is 6.33 Å². The summed E-state index contributed by atoms with van der Waals surface area (Å²) in [5.41, 5.74) is 5.60. The molecule has 1 fully saturated rings. The molecule has 4 atom stereocenters. The van der Waals surface area contributed by atoms with Crippen LogP contribution in [-0.2, 0) is 17.8 Å². The average Bonchev–Trinajstić information content (AvgIpc) is 2.75. The Morgan fingerprint density at radius 1 is 1.55 bits per heavy atom. The van der Waals surface area contributed by atoms with E-state index in [-0.39, 0.29) is 17.9 Å². The topological polar surface area (TPSA) is 85.8 Å². The molecule has 0 saturated carbocycles. The van der Waals surface area contributed by atoms with E-state index in [0.717, 1.165) is 25.2 Å². The molecule has 2 rings (SSSR count). The van der Waals surface area contributed by atoms with Gasteiger partial charge in [-0.25, -0.2) is 4.98 Å². The SMILES string of the molecule is CCCn1ncnc1CC1NC(C)CC(C)C1C(N)=O. The van der Waals surface area contributed by atoms with Gasteiger partial charge in [0, 0.05) is 25.0 Å². The monoisotopic (exact) mass is 279 g/mol. The third kappa shape index (κ3) is 3.17. The summed E-state index contributed by atoms with van der Waals surface area (Å²) in [5, 5.41) is 7.74. The Balaban J connectivity index is 2.15. The van der Waals surface area contributed by atoms with Gasteiger partial charge in [-0.15, -0.1) is 0 Å². The number of hydrogen-bond acceptors (Lipinski definition) is 4. The van der Waals surface area contributed by atoms with Gasteiger partial charge in [0.1, 0.15) is 12.2 Å². The van der Waals surface area contributed by atoms with Crippen LogP contribution in [0.2, 0.25) is 0 Å². The highest BCUT2D eigenvalue weighted by Gasteiger charge is 2.37. The maximum absolute atomic E-state index is 11.8. The molecule has 1 aromatic heterocycles. The Kier molecular flexibility index (Phi) is 4.75. The van der Waals surface area contributed by atoms with E-state index in [1.807, 2.05) is 4.68 Å². The summed E-state index contributed by atoms with van der Waals surface area (Å²) in [6, 6.07) is 0.444. The second-order valence-corrected chi connectivity index (χ2v) is 5.92. The molecule has 2 heterocycles. The van der Waals surface area contributed by atoms with Crippen molar-refractivity contribution in [2.24, 2.45) is 17.6 Å². The number of rotatable bonds is 5. The molecule has 1 aliphatic rings. The molecular weight excluding hydrogens is 254 g/mol. The molecule has 6 nitrogen and oxygen atoms in total. The van der Waals surface area contributed by atoms with Crippen molar-refractivity contribution in [2.75, 3.05) is 0 Å². The third-order valence-corrected chi connectivity index (χ3v) is 4.13. The molecule has 0 spiro atoms. The number of amides is 1. The summed E-state index contributed by atoms with van der Waals surface area (Å²) in [7, 11) is 0. The zero-order chi connectivity index (χ0) is 14.7. The highest BCUT2D eigenvalue weighted by atomic mass is 16.1. The van der Waals surface area contributed by atoms with Crippen LogP contribution in [0.15, 0.2) is 6.33 Å². The first-order valence-electron chi connectivity index (χ1n) is 7.45. The van der Waals surface area contributed by atoms with Crippen molar-refractivity contribution in [3.05, 3.63) is 12.2 Å². The Morgan fingerprint density at radius 2 is 2.30 bits per heavy atom. The fraction of sp³-hybridized carbons (Fsp3) is 0.786. The molecule has 112 valence electrons. The van der Waals surface area contributed by atoms with Crippen LogP contribution >= 0.6 is 0 Å². The summed E-state index contributed by atoms with van der Waals surface area (Å²) < 4.78 is 1.92. The van der Waals surface area contributed by atoms with E-state index in [9.17, 15) is 4.79 Å². The minimum absolute atomic E-state index is 0.0473. The van der Waals surface area contributed by atoms with Crippen molar-refractivity contribution in [3.63, 3.8) is 0 Å². The van der Waals surface area contributed by atoms with E-state index in [1.165, 1.54) is 0 Å². The van der Waals surface area contributed by atoms with Crippen molar-refractivity contribution in [3.8, 4) is 0 Å². The summed E-state index contributed by atoms with van der Waals surface area (Å²) in [5.74, 6) is 0.870. The zero-order valence-corrected chi connectivity index (χ0v) is 12.5. The Bertz CT molecular complexity index is 458. The molecule has 0 bridgehead atoms. The summed E-state index contributed by atoms with van der Waals surface area (Å²) in [4.78, 5) is 16.1. The fourth-order valence-electron chi connectivity index (χ4n) is 3.34. The van der Waals surface area contributed by atoms with Gasteiger partial charge in [-0.05, 0) is 25.7 Å². The largest absolute Gasteiger partial charge is 0.369 e. The molecule has 1 saturated heterocycles. The van der Waals surface area contributed by atoms with Gasteiger partial charge in [-0.3, -0.25) is 9.48 Å². The smallest absolute Gasteiger partial charge is 0.222 e. The van der Waals surface area contributed by atoms with Gasteiger partial charge in [-0.1, -0.05) is 13.8 Å². The van der Waals surface area contributed by atoms with Crippen LogP contribution in [0, 0.1) is 11.8 Å². The molecule has 0 aromatic carbocycles. The number of hydrogen-bond donors (Lipinski definition) is 2. The first-order valence-corrected chi connectivity index (χ1v) is 7.45. The van der Waals surface area contributed by atoms with Gasteiger partial charge >= 0.3 is 0 Å². The molecular formula is C14H25N5O. The van der Waals surface area contributed by atoms with Gasteiger partial charge in [-0.2, -0.15) is 5.10 Å². The van der Waals surface area contributed by atoms with Crippen LogP contribution in [0.3, 0.4) is 0 Å². The number of nitrogens with one attached hydrogen (secondary N) is 1. The molecule has 1 aromatic rings. The maximum atomic E-state index is 11.8. The van der Waals surface area contributed by atoms with E-state index in [2.05, 4.69) is 36.2 Å². The highest BCUT2D eigenvalue weighted by Crippen LogP contribution is 2.27. The number of carbonyl (C=O) groups is 1. The molecule has 1 amide bonds. The van der Waals surface area contributed by atoms with Crippen LogP contribution in [0.25, 0.3) is 0 Å². The molecule has 6 heteroatoms. The Hall–Kier alpha value is -1.43. The van der Waals surface area contributed by atoms with Crippen molar-refractivity contribution in [2.45, 2.75) is 58.7 Å². The third-order valence-electron chi connectivity index (χ3n) is 4.13. The van der Waals surface area contributed by atoms with Crippen LogP contribution in [-0.4, -0.2) is 32.8 Å². The van der Waals surface area contributed by atoms with Crippen LogP contribution < -0.4 is 11.1 Å². The zero-order valence-electron chi connectivity index (χ0n) is 12.5. The number of aromatic nitrogens is 3. The van der Waals surface area contributed by atoms with Gasteiger partial charge < -0.3 is 11.1 Å². The minimum atomic E-state index is -0.219. The molecule has 0 radical (unpaired) electrons. The van der Waals surface area contributed by atoms with Gasteiger partial charge in [0.25, 0.3) is 0 Å².